The fourth-order valence-corrected chi connectivity index (χ4v) is 3.57. The van der Waals surface area contributed by atoms with Crippen molar-refractivity contribution in [1.82, 2.24) is 10.2 Å². The second-order valence-corrected chi connectivity index (χ2v) is 6.24. The van der Waals surface area contributed by atoms with Crippen molar-refractivity contribution in [3.8, 4) is 10.6 Å². The predicted octanol–water partition coefficient (Wildman–Crippen LogP) is 4.08. The van der Waals surface area contributed by atoms with E-state index in [2.05, 4.69) is 46.6 Å². The van der Waals surface area contributed by atoms with Gasteiger partial charge in [0.05, 0.1) is 0 Å². The van der Waals surface area contributed by atoms with Crippen LogP contribution in [0.15, 0.2) is 59.5 Å². The Labute approximate surface area is 125 Å². The fraction of sp³-hybridized carbons (Fsp3) is 0.0667. The number of anilines is 1. The van der Waals surface area contributed by atoms with Crippen LogP contribution in [0.25, 0.3) is 10.6 Å². The molecule has 0 spiro atoms. The van der Waals surface area contributed by atoms with E-state index in [1.165, 1.54) is 21.8 Å². The van der Waals surface area contributed by atoms with Gasteiger partial charge in [-0.15, -0.1) is 22.0 Å². The minimum atomic E-state index is 0.503. The Balaban J connectivity index is 1.83. The maximum absolute atomic E-state index is 5.67. The summed E-state index contributed by atoms with van der Waals surface area (Å²) in [4.78, 5) is 1.20. The lowest BCUT2D eigenvalue weighted by atomic mass is 10.2. The largest absolute Gasteiger partial charge is 0.374 e. The van der Waals surface area contributed by atoms with Gasteiger partial charge >= 0.3 is 0 Å². The number of thioether (sulfide) groups is 1. The standard InChI is InChI=1S/C15H13N3S2/c16-15-18-17-14(20-15)12-8-4-5-9-13(12)19-10-11-6-2-1-3-7-11/h1-9H,10H2,(H2,16,18). The number of rotatable bonds is 4. The van der Waals surface area contributed by atoms with E-state index < -0.39 is 0 Å². The van der Waals surface area contributed by atoms with Gasteiger partial charge in [-0.25, -0.2) is 0 Å². The van der Waals surface area contributed by atoms with Crippen molar-refractivity contribution in [1.29, 1.82) is 0 Å². The molecule has 0 aliphatic rings. The maximum atomic E-state index is 5.67. The molecule has 3 nitrogen and oxygen atoms in total. The lowest BCUT2D eigenvalue weighted by molar-refractivity contribution is 1.10. The van der Waals surface area contributed by atoms with Gasteiger partial charge in [-0.3, -0.25) is 0 Å². The summed E-state index contributed by atoms with van der Waals surface area (Å²) in [7, 11) is 0. The lowest BCUT2D eigenvalue weighted by Gasteiger charge is -2.06. The molecule has 0 aliphatic carbocycles. The lowest BCUT2D eigenvalue weighted by Crippen LogP contribution is -1.84. The average Bonchev–Trinajstić information content (AvgIpc) is 2.93. The first-order chi connectivity index (χ1) is 9.83. The van der Waals surface area contributed by atoms with Gasteiger partial charge in [0.1, 0.15) is 0 Å². The zero-order chi connectivity index (χ0) is 13.8. The molecule has 0 amide bonds. The minimum absolute atomic E-state index is 0.503. The molecule has 0 saturated heterocycles. The molecule has 0 radical (unpaired) electrons. The average molecular weight is 299 g/mol. The third-order valence-electron chi connectivity index (χ3n) is 2.80. The van der Waals surface area contributed by atoms with Crippen LogP contribution in [0.4, 0.5) is 5.13 Å². The van der Waals surface area contributed by atoms with E-state index >= 15 is 0 Å². The summed E-state index contributed by atoms with van der Waals surface area (Å²) >= 11 is 3.22. The van der Waals surface area contributed by atoms with Gasteiger partial charge in [-0.2, -0.15) is 0 Å². The molecule has 0 saturated carbocycles. The van der Waals surface area contributed by atoms with E-state index in [0.717, 1.165) is 16.3 Å². The monoisotopic (exact) mass is 299 g/mol. The third-order valence-corrected chi connectivity index (χ3v) is 4.73. The second-order valence-electron chi connectivity index (χ2n) is 4.22. The van der Waals surface area contributed by atoms with Gasteiger partial charge in [0.15, 0.2) is 5.01 Å². The van der Waals surface area contributed by atoms with Crippen molar-refractivity contribution in [2.75, 3.05) is 5.73 Å². The van der Waals surface area contributed by atoms with Crippen LogP contribution in [0.1, 0.15) is 5.56 Å². The molecule has 1 aromatic heterocycles. The molecular weight excluding hydrogens is 286 g/mol. The molecule has 100 valence electrons. The van der Waals surface area contributed by atoms with E-state index in [4.69, 9.17) is 5.73 Å². The van der Waals surface area contributed by atoms with Crippen LogP contribution in [0.3, 0.4) is 0 Å². The van der Waals surface area contributed by atoms with Crippen LogP contribution in [0, 0.1) is 0 Å². The van der Waals surface area contributed by atoms with E-state index in [1.807, 2.05) is 18.2 Å². The van der Waals surface area contributed by atoms with E-state index in [9.17, 15) is 0 Å². The highest BCUT2D eigenvalue weighted by Gasteiger charge is 2.09. The third kappa shape index (κ3) is 3.00. The van der Waals surface area contributed by atoms with Gasteiger partial charge in [0.2, 0.25) is 5.13 Å². The summed E-state index contributed by atoms with van der Waals surface area (Å²) in [5.41, 5.74) is 8.08. The first-order valence-electron chi connectivity index (χ1n) is 6.18. The van der Waals surface area contributed by atoms with Crippen LogP contribution < -0.4 is 5.73 Å². The minimum Gasteiger partial charge on any atom is -0.374 e. The van der Waals surface area contributed by atoms with Crippen molar-refractivity contribution in [2.24, 2.45) is 0 Å². The Morgan fingerprint density at radius 1 is 0.950 bits per heavy atom. The van der Waals surface area contributed by atoms with Crippen LogP contribution in [-0.2, 0) is 5.75 Å². The van der Waals surface area contributed by atoms with Crippen LogP contribution >= 0.6 is 23.1 Å². The van der Waals surface area contributed by atoms with E-state index in [0.29, 0.717) is 5.13 Å². The van der Waals surface area contributed by atoms with E-state index in [-0.39, 0.29) is 0 Å². The first-order valence-corrected chi connectivity index (χ1v) is 7.98. The number of aromatic nitrogens is 2. The predicted molar refractivity (Wildman–Crippen MR) is 85.8 cm³/mol. The van der Waals surface area contributed by atoms with Gasteiger partial charge in [-0.1, -0.05) is 59.9 Å². The Bertz CT molecular complexity index is 695. The molecule has 0 unspecified atom stereocenters. The highest BCUT2D eigenvalue weighted by Crippen LogP contribution is 2.34. The van der Waals surface area contributed by atoms with Crippen LogP contribution in [-0.4, -0.2) is 10.2 Å². The maximum Gasteiger partial charge on any atom is 0.203 e. The molecule has 1 heterocycles. The van der Waals surface area contributed by atoms with Crippen molar-refractivity contribution in [3.63, 3.8) is 0 Å². The van der Waals surface area contributed by atoms with Crippen molar-refractivity contribution in [3.05, 3.63) is 60.2 Å². The van der Waals surface area contributed by atoms with Crippen molar-refractivity contribution < 1.29 is 0 Å². The summed E-state index contributed by atoms with van der Waals surface area (Å²) in [5, 5.41) is 9.40. The summed E-state index contributed by atoms with van der Waals surface area (Å²) < 4.78 is 0. The SMILES string of the molecule is Nc1nnc(-c2ccccc2SCc2ccccc2)s1. The number of nitrogens with zero attached hydrogens (tertiary/aromatic N) is 2. The number of nitrogens with two attached hydrogens (primary N) is 1. The smallest absolute Gasteiger partial charge is 0.203 e. The van der Waals surface area contributed by atoms with Gasteiger partial charge < -0.3 is 5.73 Å². The highest BCUT2D eigenvalue weighted by atomic mass is 32.2. The zero-order valence-electron chi connectivity index (χ0n) is 10.7. The molecule has 0 aliphatic heterocycles. The summed E-state index contributed by atoms with van der Waals surface area (Å²) in [6, 6.07) is 18.7. The molecule has 2 aromatic carbocycles. The van der Waals surface area contributed by atoms with Gasteiger partial charge in [-0.05, 0) is 11.6 Å². The summed E-state index contributed by atoms with van der Waals surface area (Å²) in [6.07, 6.45) is 0. The fourth-order valence-electron chi connectivity index (χ4n) is 1.85. The van der Waals surface area contributed by atoms with Crippen LogP contribution in [0.5, 0.6) is 0 Å². The highest BCUT2D eigenvalue weighted by molar-refractivity contribution is 7.98. The molecule has 0 fully saturated rings. The Hall–Kier alpha value is -1.85. The Morgan fingerprint density at radius 2 is 1.70 bits per heavy atom. The molecular formula is C15H13N3S2. The number of hydrogen-bond acceptors (Lipinski definition) is 5. The topological polar surface area (TPSA) is 51.8 Å². The summed E-state index contributed by atoms with van der Waals surface area (Å²) in [6.45, 7) is 0. The molecule has 20 heavy (non-hydrogen) atoms. The number of benzene rings is 2. The molecule has 3 aromatic rings. The Kier molecular flexibility index (Phi) is 3.99. The molecule has 2 N–H and O–H groups in total. The van der Waals surface area contributed by atoms with E-state index in [1.54, 1.807) is 11.8 Å². The van der Waals surface area contributed by atoms with Crippen molar-refractivity contribution in [2.45, 2.75) is 10.6 Å². The molecule has 3 rings (SSSR count). The van der Waals surface area contributed by atoms with Crippen molar-refractivity contribution >= 4 is 28.2 Å². The normalized spacial score (nSPS) is 10.6. The number of hydrogen-bond donors (Lipinski definition) is 1. The molecule has 0 bridgehead atoms. The van der Waals surface area contributed by atoms with Gasteiger partial charge in [0.25, 0.3) is 0 Å². The molecule has 0 atom stereocenters. The summed E-state index contributed by atoms with van der Waals surface area (Å²) in [5.74, 6) is 0.937. The van der Waals surface area contributed by atoms with Crippen LogP contribution in [0.2, 0.25) is 0 Å². The first kappa shape index (κ1) is 13.1. The van der Waals surface area contributed by atoms with Gasteiger partial charge in [0, 0.05) is 16.2 Å². The second kappa shape index (κ2) is 6.07. The Morgan fingerprint density at radius 3 is 2.45 bits per heavy atom. The number of nitrogen functional groups attached to an aromatic ring is 1. The zero-order valence-corrected chi connectivity index (χ0v) is 12.3. The quantitative estimate of drug-likeness (QED) is 0.738. The molecule has 5 heteroatoms.